The molecular weight excluding hydrogens is 374 g/mol. The van der Waals surface area contributed by atoms with E-state index >= 15 is 0 Å². The van der Waals surface area contributed by atoms with E-state index in [2.05, 4.69) is 87.6 Å². The van der Waals surface area contributed by atoms with Crippen molar-refractivity contribution < 1.29 is 4.79 Å². The molecule has 2 nitrogen and oxygen atoms in total. The summed E-state index contributed by atoms with van der Waals surface area (Å²) < 4.78 is 1.10. The zero-order valence-electron chi connectivity index (χ0n) is 16.5. The van der Waals surface area contributed by atoms with Crippen molar-refractivity contribution in [3.63, 3.8) is 0 Å². The highest BCUT2D eigenvalue weighted by Crippen LogP contribution is 2.37. The molecule has 0 saturated carbocycles. The van der Waals surface area contributed by atoms with Crippen molar-refractivity contribution in [3.05, 3.63) is 51.1 Å². The van der Waals surface area contributed by atoms with Crippen LogP contribution in [-0.2, 0) is 4.79 Å². The van der Waals surface area contributed by atoms with E-state index in [0.29, 0.717) is 0 Å². The van der Waals surface area contributed by atoms with Crippen LogP contribution in [-0.4, -0.2) is 22.8 Å². The van der Waals surface area contributed by atoms with E-state index in [0.717, 1.165) is 34.1 Å². The molecule has 25 heavy (non-hydrogen) atoms. The Morgan fingerprint density at radius 1 is 1.20 bits per heavy atom. The highest BCUT2D eigenvalue weighted by atomic mass is 79.9. The molecule has 0 N–H and O–H groups in total. The van der Waals surface area contributed by atoms with Gasteiger partial charge in [-0.15, -0.1) is 0 Å². The molecule has 1 aromatic rings. The van der Waals surface area contributed by atoms with Crippen LogP contribution in [0, 0.1) is 19.3 Å². The number of aryl methyl sites for hydroxylation is 2. The largest absolute Gasteiger partial charge is 0.372 e. The van der Waals surface area contributed by atoms with E-state index in [9.17, 15) is 4.79 Å². The second-order valence-corrected chi connectivity index (χ2v) is 9.55. The van der Waals surface area contributed by atoms with Crippen molar-refractivity contribution in [2.24, 2.45) is 5.41 Å². The lowest BCUT2D eigenvalue weighted by Crippen LogP contribution is -2.44. The van der Waals surface area contributed by atoms with Crippen LogP contribution in [0.1, 0.15) is 57.7 Å². The predicted octanol–water partition coefficient (Wildman–Crippen LogP) is 6.06. The number of carbonyl (C=O) groups is 1. The predicted molar refractivity (Wildman–Crippen MR) is 111 cm³/mol. The van der Waals surface area contributed by atoms with Crippen molar-refractivity contribution in [3.8, 4) is 0 Å². The van der Waals surface area contributed by atoms with E-state index in [1.807, 2.05) is 6.08 Å². The second kappa shape index (κ2) is 7.11. The number of ketones is 1. The maximum absolute atomic E-state index is 12.9. The van der Waals surface area contributed by atoms with Crippen molar-refractivity contribution in [1.29, 1.82) is 0 Å². The van der Waals surface area contributed by atoms with Gasteiger partial charge in [-0.1, -0.05) is 41.9 Å². The van der Waals surface area contributed by atoms with Gasteiger partial charge < -0.3 is 4.90 Å². The van der Waals surface area contributed by atoms with E-state index in [1.165, 1.54) is 5.56 Å². The van der Waals surface area contributed by atoms with Gasteiger partial charge in [-0.05, 0) is 75.3 Å². The van der Waals surface area contributed by atoms with E-state index < -0.39 is 0 Å². The molecule has 0 spiro atoms. The highest BCUT2D eigenvalue weighted by Gasteiger charge is 2.34. The molecule has 0 aromatic heterocycles. The van der Waals surface area contributed by atoms with Crippen LogP contribution in [0.5, 0.6) is 0 Å². The Morgan fingerprint density at radius 3 is 2.44 bits per heavy atom. The summed E-state index contributed by atoms with van der Waals surface area (Å²) in [7, 11) is 0. The number of rotatable bonds is 3. The molecule has 0 unspecified atom stereocenters. The van der Waals surface area contributed by atoms with Crippen LogP contribution in [0.3, 0.4) is 0 Å². The van der Waals surface area contributed by atoms with Gasteiger partial charge in [0.05, 0.1) is 0 Å². The summed E-state index contributed by atoms with van der Waals surface area (Å²) in [4.78, 5) is 15.2. The maximum atomic E-state index is 12.9. The minimum Gasteiger partial charge on any atom is -0.372 e. The third-order valence-corrected chi connectivity index (χ3v) is 5.93. The molecule has 1 aromatic carbocycles. The molecule has 136 valence electrons. The fourth-order valence-electron chi connectivity index (χ4n) is 3.09. The molecule has 0 atom stereocenters. The van der Waals surface area contributed by atoms with E-state index in [-0.39, 0.29) is 16.7 Å². The number of hydrogen-bond acceptors (Lipinski definition) is 2. The molecule has 0 amide bonds. The van der Waals surface area contributed by atoms with Crippen LogP contribution in [0.4, 0.5) is 0 Å². The molecule has 0 fully saturated rings. The number of benzene rings is 1. The topological polar surface area (TPSA) is 20.3 Å². The molecule has 0 saturated heterocycles. The Balaban J connectivity index is 2.32. The average Bonchev–Trinajstić information content (AvgIpc) is 2.47. The summed E-state index contributed by atoms with van der Waals surface area (Å²) >= 11 is 3.56. The van der Waals surface area contributed by atoms with Crippen molar-refractivity contribution in [2.75, 3.05) is 6.54 Å². The normalized spacial score (nSPS) is 17.8. The van der Waals surface area contributed by atoms with Gasteiger partial charge in [-0.25, -0.2) is 0 Å². The van der Waals surface area contributed by atoms with Gasteiger partial charge >= 0.3 is 0 Å². The molecule has 2 rings (SSSR count). The van der Waals surface area contributed by atoms with E-state index in [1.54, 1.807) is 6.08 Å². The van der Waals surface area contributed by atoms with Crippen molar-refractivity contribution in [1.82, 2.24) is 4.90 Å². The first-order chi connectivity index (χ1) is 11.4. The van der Waals surface area contributed by atoms with Crippen LogP contribution in [0.15, 0.2) is 34.5 Å². The molecule has 1 heterocycles. The van der Waals surface area contributed by atoms with Crippen LogP contribution in [0.25, 0.3) is 6.08 Å². The molecule has 1 aliphatic rings. The minimum atomic E-state index is -0.0894. The fourth-order valence-corrected chi connectivity index (χ4v) is 3.55. The molecule has 0 radical (unpaired) electrons. The van der Waals surface area contributed by atoms with Gasteiger partial charge in [0.25, 0.3) is 0 Å². The monoisotopic (exact) mass is 403 g/mol. The lowest BCUT2D eigenvalue weighted by atomic mass is 9.76. The van der Waals surface area contributed by atoms with Crippen molar-refractivity contribution >= 4 is 27.8 Å². The minimum absolute atomic E-state index is 0.0329. The van der Waals surface area contributed by atoms with Gasteiger partial charge in [0.2, 0.25) is 0 Å². The zero-order valence-corrected chi connectivity index (χ0v) is 18.1. The van der Waals surface area contributed by atoms with Gasteiger partial charge in [0, 0.05) is 28.3 Å². The lowest BCUT2D eigenvalue weighted by molar-refractivity contribution is -0.112. The van der Waals surface area contributed by atoms with Gasteiger partial charge in [-0.2, -0.15) is 0 Å². The average molecular weight is 404 g/mol. The zero-order chi connectivity index (χ0) is 19.0. The summed E-state index contributed by atoms with van der Waals surface area (Å²) in [5.41, 5.74) is 4.27. The fraction of sp³-hybridized carbons (Fsp3) is 0.500. The summed E-state index contributed by atoms with van der Waals surface area (Å²) in [6.07, 6.45) is 6.75. The first-order valence-electron chi connectivity index (χ1n) is 8.90. The number of halogens is 1. The molecule has 0 aliphatic carbocycles. The standard InChI is InChI=1S/C22H30BrNO/c1-15-13-19(23)16(2)12-17(15)8-9-20(25)18-14-24(21(3,4)5)11-10-22(18,6)7/h8-9,12-14H,10-11H2,1-7H3/b9-8+. The summed E-state index contributed by atoms with van der Waals surface area (Å²) in [5, 5.41) is 0. The number of hydrogen-bond donors (Lipinski definition) is 0. The number of allylic oxidation sites excluding steroid dienone is 2. The third-order valence-electron chi connectivity index (χ3n) is 5.08. The first-order valence-corrected chi connectivity index (χ1v) is 9.69. The number of carbonyl (C=O) groups excluding carboxylic acids is 1. The first kappa shape index (κ1) is 20.0. The van der Waals surface area contributed by atoms with Gasteiger partial charge in [-0.3, -0.25) is 4.79 Å². The number of nitrogens with zero attached hydrogens (tertiary/aromatic N) is 1. The van der Waals surface area contributed by atoms with Gasteiger partial charge in [0.15, 0.2) is 5.78 Å². The molecule has 1 aliphatic heterocycles. The van der Waals surface area contributed by atoms with Crippen LogP contribution < -0.4 is 0 Å². The Bertz CT molecular complexity index is 735. The van der Waals surface area contributed by atoms with Crippen LogP contribution in [0.2, 0.25) is 0 Å². The summed E-state index contributed by atoms with van der Waals surface area (Å²) in [6, 6.07) is 4.22. The quantitative estimate of drug-likeness (QED) is 0.571. The molecule has 0 bridgehead atoms. The van der Waals surface area contributed by atoms with Gasteiger partial charge in [0.1, 0.15) is 0 Å². The summed E-state index contributed by atoms with van der Waals surface area (Å²) in [6.45, 7) is 16.0. The maximum Gasteiger partial charge on any atom is 0.183 e. The third kappa shape index (κ3) is 4.63. The Hall–Kier alpha value is -1.35. The second-order valence-electron chi connectivity index (χ2n) is 8.70. The smallest absolute Gasteiger partial charge is 0.183 e. The Kier molecular flexibility index (Phi) is 5.68. The SMILES string of the molecule is Cc1cc(/C=C/C(=O)C2=CN(C(C)(C)C)CCC2(C)C)c(C)cc1Br. The van der Waals surface area contributed by atoms with Crippen LogP contribution >= 0.6 is 15.9 Å². The molecule has 3 heteroatoms. The van der Waals surface area contributed by atoms with Crippen molar-refractivity contribution in [2.45, 2.75) is 60.4 Å². The van der Waals surface area contributed by atoms with E-state index in [4.69, 9.17) is 0 Å². The molecular formula is C22H30BrNO. The summed E-state index contributed by atoms with van der Waals surface area (Å²) in [5.74, 6) is 0.110. The Morgan fingerprint density at radius 2 is 1.84 bits per heavy atom. The Labute approximate surface area is 161 Å². The highest BCUT2D eigenvalue weighted by molar-refractivity contribution is 9.10. The lowest BCUT2D eigenvalue weighted by Gasteiger charge is -2.43.